The number of aromatic hydroxyl groups is 2. The number of phenols is 2. The van der Waals surface area contributed by atoms with Crippen molar-refractivity contribution in [1.82, 2.24) is 0 Å². The first-order valence-electron chi connectivity index (χ1n) is 5.50. The van der Waals surface area contributed by atoms with Gasteiger partial charge in [0.05, 0.1) is 16.9 Å². The normalized spacial score (nSPS) is 22.9. The van der Waals surface area contributed by atoms with Crippen molar-refractivity contribution in [3.8, 4) is 11.5 Å². The molecule has 82 valence electrons. The molecule has 16 heavy (non-hydrogen) atoms. The third-order valence-corrected chi connectivity index (χ3v) is 3.72. The van der Waals surface area contributed by atoms with Gasteiger partial charge in [0.15, 0.2) is 23.7 Å². The summed E-state index contributed by atoms with van der Waals surface area (Å²) in [4.78, 5) is 0. The van der Waals surface area contributed by atoms with Gasteiger partial charge in [-0.1, -0.05) is 6.92 Å². The molecule has 0 amide bonds. The molecule has 2 N–H and O–H groups in total. The van der Waals surface area contributed by atoms with Gasteiger partial charge in [-0.2, -0.15) is 4.57 Å². The highest BCUT2D eigenvalue weighted by atomic mass is 16.3. The fourth-order valence-electron chi connectivity index (χ4n) is 2.67. The SMILES string of the molecule is CC1c2c(O)c(O)cc3ccc[n+](c23)C1C. The summed E-state index contributed by atoms with van der Waals surface area (Å²) >= 11 is 0. The number of nitrogens with zero attached hydrogens (tertiary/aromatic N) is 1. The van der Waals surface area contributed by atoms with E-state index < -0.39 is 0 Å². The molecule has 0 saturated heterocycles. The van der Waals surface area contributed by atoms with Crippen molar-refractivity contribution in [3.05, 3.63) is 30.0 Å². The van der Waals surface area contributed by atoms with Crippen LogP contribution in [0.1, 0.15) is 31.4 Å². The summed E-state index contributed by atoms with van der Waals surface area (Å²) in [5, 5.41) is 20.6. The highest BCUT2D eigenvalue weighted by Gasteiger charge is 2.38. The molecular weight excluding hydrogens is 202 g/mol. The zero-order chi connectivity index (χ0) is 11.4. The zero-order valence-corrected chi connectivity index (χ0v) is 9.31. The van der Waals surface area contributed by atoms with Gasteiger partial charge >= 0.3 is 0 Å². The van der Waals surface area contributed by atoms with Crippen molar-refractivity contribution in [2.45, 2.75) is 25.8 Å². The fraction of sp³-hybridized carbons (Fsp3) is 0.308. The molecule has 3 rings (SSSR count). The van der Waals surface area contributed by atoms with Gasteiger partial charge in [0.1, 0.15) is 0 Å². The van der Waals surface area contributed by atoms with E-state index in [2.05, 4.69) is 18.4 Å². The van der Waals surface area contributed by atoms with Crippen molar-refractivity contribution >= 4 is 10.9 Å². The summed E-state index contributed by atoms with van der Waals surface area (Å²) in [7, 11) is 0. The molecule has 1 aliphatic rings. The van der Waals surface area contributed by atoms with Gasteiger partial charge in [-0.25, -0.2) is 0 Å². The number of hydrogen-bond donors (Lipinski definition) is 2. The van der Waals surface area contributed by atoms with Crippen molar-refractivity contribution in [1.29, 1.82) is 0 Å². The van der Waals surface area contributed by atoms with Crippen molar-refractivity contribution in [3.63, 3.8) is 0 Å². The Balaban J connectivity index is 2.53. The van der Waals surface area contributed by atoms with Gasteiger partial charge in [-0.05, 0) is 19.1 Å². The van der Waals surface area contributed by atoms with Crippen LogP contribution in [-0.4, -0.2) is 10.2 Å². The highest BCUT2D eigenvalue weighted by molar-refractivity contribution is 5.85. The van der Waals surface area contributed by atoms with Crippen LogP contribution >= 0.6 is 0 Å². The average Bonchev–Trinajstić information content (AvgIpc) is 2.52. The molecule has 1 aromatic carbocycles. The summed E-state index contributed by atoms with van der Waals surface area (Å²) in [6, 6.07) is 5.86. The standard InChI is InChI=1S/C13H13NO2/c1-7-8(2)14-5-3-4-9-6-10(15)13(16)11(7)12(9)14/h3-8,15H,1-2H3/p+1. The van der Waals surface area contributed by atoms with Crippen LogP contribution < -0.4 is 4.57 Å². The zero-order valence-electron chi connectivity index (χ0n) is 9.31. The predicted molar refractivity (Wildman–Crippen MR) is 60.6 cm³/mol. The molecule has 1 aromatic heterocycles. The molecule has 2 aromatic rings. The van der Waals surface area contributed by atoms with Crippen LogP contribution in [0.5, 0.6) is 11.5 Å². The van der Waals surface area contributed by atoms with E-state index in [0.717, 1.165) is 16.5 Å². The number of phenolic OH excluding ortho intramolecular Hbond substituents is 2. The number of benzene rings is 1. The number of hydrogen-bond acceptors (Lipinski definition) is 2. The molecule has 1 aliphatic heterocycles. The molecule has 0 fully saturated rings. The largest absolute Gasteiger partial charge is 0.504 e. The number of aromatic nitrogens is 1. The molecule has 2 atom stereocenters. The topological polar surface area (TPSA) is 44.3 Å². The first-order chi connectivity index (χ1) is 7.61. The molecule has 0 spiro atoms. The maximum atomic E-state index is 9.95. The molecular formula is C13H14NO2+. The maximum absolute atomic E-state index is 9.95. The second-order valence-corrected chi connectivity index (χ2v) is 4.54. The van der Waals surface area contributed by atoms with Crippen LogP contribution in [0, 0.1) is 0 Å². The monoisotopic (exact) mass is 216 g/mol. The Kier molecular flexibility index (Phi) is 1.70. The summed E-state index contributed by atoms with van der Waals surface area (Å²) in [6.45, 7) is 4.20. The van der Waals surface area contributed by atoms with E-state index >= 15 is 0 Å². The van der Waals surface area contributed by atoms with Gasteiger partial charge in [0.25, 0.3) is 0 Å². The Hall–Kier alpha value is -1.77. The predicted octanol–water partition coefficient (Wildman–Crippen LogP) is 2.22. The molecule has 0 saturated carbocycles. The summed E-state index contributed by atoms with van der Waals surface area (Å²) in [5.74, 6) is 0.225. The number of rotatable bonds is 0. The van der Waals surface area contributed by atoms with E-state index in [1.54, 1.807) is 6.07 Å². The van der Waals surface area contributed by atoms with Crippen molar-refractivity contribution < 1.29 is 14.8 Å². The quantitative estimate of drug-likeness (QED) is 0.524. The highest BCUT2D eigenvalue weighted by Crippen LogP contribution is 2.45. The summed E-state index contributed by atoms with van der Waals surface area (Å²) in [5.41, 5.74) is 1.90. The minimum Gasteiger partial charge on any atom is -0.504 e. The van der Waals surface area contributed by atoms with Gasteiger partial charge in [-0.15, -0.1) is 0 Å². The van der Waals surface area contributed by atoms with Gasteiger partial charge < -0.3 is 10.2 Å². The summed E-state index contributed by atoms with van der Waals surface area (Å²) < 4.78 is 2.16. The molecule has 0 aliphatic carbocycles. The fourth-order valence-corrected chi connectivity index (χ4v) is 2.67. The Morgan fingerprint density at radius 1 is 1.25 bits per heavy atom. The van der Waals surface area contributed by atoms with Crippen molar-refractivity contribution in [2.24, 2.45) is 0 Å². The van der Waals surface area contributed by atoms with E-state index in [9.17, 15) is 10.2 Å². The summed E-state index contributed by atoms with van der Waals surface area (Å²) in [6.07, 6.45) is 2.02. The van der Waals surface area contributed by atoms with E-state index in [1.165, 1.54) is 0 Å². The van der Waals surface area contributed by atoms with E-state index in [4.69, 9.17) is 0 Å². The second-order valence-electron chi connectivity index (χ2n) is 4.54. The van der Waals surface area contributed by atoms with E-state index in [1.807, 2.05) is 18.3 Å². The van der Waals surface area contributed by atoms with Gasteiger partial charge in [-0.3, -0.25) is 0 Å². The lowest BCUT2D eigenvalue weighted by atomic mass is 9.96. The van der Waals surface area contributed by atoms with Crippen LogP contribution in [0.4, 0.5) is 0 Å². The molecule has 2 unspecified atom stereocenters. The lowest BCUT2D eigenvalue weighted by molar-refractivity contribution is -0.690. The van der Waals surface area contributed by atoms with E-state index in [0.29, 0.717) is 6.04 Å². The Bertz CT molecular complexity index is 592. The molecule has 3 nitrogen and oxygen atoms in total. The van der Waals surface area contributed by atoms with Crippen LogP contribution in [0.2, 0.25) is 0 Å². The first kappa shape index (κ1) is 9.46. The third-order valence-electron chi connectivity index (χ3n) is 3.72. The minimum absolute atomic E-state index is 0.0267. The Morgan fingerprint density at radius 2 is 2.00 bits per heavy atom. The average molecular weight is 216 g/mol. The van der Waals surface area contributed by atoms with E-state index in [-0.39, 0.29) is 17.4 Å². The third kappa shape index (κ3) is 0.953. The first-order valence-corrected chi connectivity index (χ1v) is 5.50. The lowest BCUT2D eigenvalue weighted by Gasteiger charge is -2.06. The maximum Gasteiger partial charge on any atom is 0.220 e. The molecule has 3 heteroatoms. The van der Waals surface area contributed by atoms with Crippen LogP contribution in [0.3, 0.4) is 0 Å². The van der Waals surface area contributed by atoms with Crippen LogP contribution in [0.15, 0.2) is 24.4 Å². The number of pyridine rings is 1. The van der Waals surface area contributed by atoms with Gasteiger partial charge in [0.2, 0.25) is 5.52 Å². The van der Waals surface area contributed by atoms with Crippen LogP contribution in [0.25, 0.3) is 10.9 Å². The smallest absolute Gasteiger partial charge is 0.220 e. The second kappa shape index (κ2) is 2.88. The van der Waals surface area contributed by atoms with Crippen molar-refractivity contribution in [2.75, 3.05) is 0 Å². The molecule has 0 radical (unpaired) electrons. The lowest BCUT2D eigenvalue weighted by Crippen LogP contribution is -2.35. The Labute approximate surface area is 93.6 Å². The van der Waals surface area contributed by atoms with Crippen LogP contribution in [-0.2, 0) is 0 Å². The minimum atomic E-state index is -0.0267. The molecule has 2 heterocycles. The Morgan fingerprint density at radius 3 is 2.75 bits per heavy atom. The molecule has 0 bridgehead atoms. The van der Waals surface area contributed by atoms with Gasteiger partial charge in [0, 0.05) is 6.07 Å².